The molecule has 2 heterocycles. The number of rotatable bonds is 2. The zero-order valence-electron chi connectivity index (χ0n) is 8.57. The third-order valence-corrected chi connectivity index (χ3v) is 5.03. The van der Waals surface area contributed by atoms with Crippen molar-refractivity contribution in [1.29, 1.82) is 0 Å². The number of piperidine rings is 2. The molecule has 4 nitrogen and oxygen atoms in total. The lowest BCUT2D eigenvalue weighted by Crippen LogP contribution is -2.52. The molecule has 1 N–H and O–H groups in total. The van der Waals surface area contributed by atoms with Gasteiger partial charge in [0.1, 0.15) is 0 Å². The summed E-state index contributed by atoms with van der Waals surface area (Å²) in [5.74, 6) is 1.30. The summed E-state index contributed by atoms with van der Waals surface area (Å²) in [4.78, 5) is 0. The fourth-order valence-corrected chi connectivity index (χ4v) is 3.71. The van der Waals surface area contributed by atoms with E-state index in [2.05, 4.69) is 5.32 Å². The normalized spacial score (nSPS) is 34.4. The second-order valence-corrected chi connectivity index (χ2v) is 6.60. The van der Waals surface area contributed by atoms with Crippen LogP contribution in [-0.2, 0) is 10.0 Å². The molecule has 0 aliphatic carbocycles. The number of nitrogens with one attached hydrogen (secondary N) is 1. The van der Waals surface area contributed by atoms with Gasteiger partial charge in [0, 0.05) is 13.1 Å². The van der Waals surface area contributed by atoms with Gasteiger partial charge in [-0.1, -0.05) is 0 Å². The molecule has 2 fully saturated rings. The summed E-state index contributed by atoms with van der Waals surface area (Å²) < 4.78 is 25.1. The van der Waals surface area contributed by atoms with Gasteiger partial charge in [0.05, 0.1) is 5.75 Å². The maximum absolute atomic E-state index is 11.7. The number of hydrogen-bond donors (Lipinski definition) is 1. The fraction of sp³-hybridized carbons (Fsp3) is 1.00. The van der Waals surface area contributed by atoms with E-state index in [1.165, 1.54) is 6.42 Å². The molecule has 0 radical (unpaired) electrons. The smallest absolute Gasteiger partial charge is 0.213 e. The Labute approximate surface area is 85.7 Å². The Morgan fingerprint density at radius 3 is 2.36 bits per heavy atom. The summed E-state index contributed by atoms with van der Waals surface area (Å²) in [6, 6.07) is 0. The molecule has 0 amide bonds. The van der Waals surface area contributed by atoms with Crippen molar-refractivity contribution in [3.05, 3.63) is 0 Å². The maximum atomic E-state index is 11.7. The molecule has 0 saturated carbocycles. The molecule has 0 aromatic rings. The molecule has 0 aromatic carbocycles. The van der Waals surface area contributed by atoms with Crippen molar-refractivity contribution >= 4 is 10.0 Å². The van der Waals surface area contributed by atoms with Crippen LogP contribution < -0.4 is 5.32 Å². The van der Waals surface area contributed by atoms with Crippen molar-refractivity contribution in [3.8, 4) is 0 Å². The van der Waals surface area contributed by atoms with Gasteiger partial charge in [-0.15, -0.1) is 0 Å². The lowest BCUT2D eigenvalue weighted by molar-refractivity contribution is 0.159. The van der Waals surface area contributed by atoms with Crippen LogP contribution in [0.1, 0.15) is 13.3 Å². The van der Waals surface area contributed by atoms with E-state index >= 15 is 0 Å². The highest BCUT2D eigenvalue weighted by Gasteiger charge is 2.34. The van der Waals surface area contributed by atoms with E-state index in [9.17, 15) is 8.42 Å². The van der Waals surface area contributed by atoms with Gasteiger partial charge < -0.3 is 5.32 Å². The Hall–Kier alpha value is -0.130. The first-order valence-electron chi connectivity index (χ1n) is 5.30. The number of hydrogen-bond acceptors (Lipinski definition) is 3. The largest absolute Gasteiger partial charge is 0.316 e. The minimum absolute atomic E-state index is 0.236. The van der Waals surface area contributed by atoms with Gasteiger partial charge >= 0.3 is 0 Å². The SMILES string of the molecule is CCS(=O)(=O)N1CC2CNC[C@H](C2)C1. The number of sulfonamides is 1. The molecule has 0 spiro atoms. The number of nitrogens with zero attached hydrogens (tertiary/aromatic N) is 1. The maximum Gasteiger partial charge on any atom is 0.213 e. The predicted molar refractivity (Wildman–Crippen MR) is 55.5 cm³/mol. The van der Waals surface area contributed by atoms with E-state index in [4.69, 9.17) is 0 Å². The van der Waals surface area contributed by atoms with Crippen LogP contribution in [0.25, 0.3) is 0 Å². The van der Waals surface area contributed by atoms with Crippen molar-refractivity contribution in [1.82, 2.24) is 9.62 Å². The summed E-state index contributed by atoms with van der Waals surface area (Å²) in [6.07, 6.45) is 1.20. The van der Waals surface area contributed by atoms with Crippen molar-refractivity contribution in [2.75, 3.05) is 31.9 Å². The van der Waals surface area contributed by atoms with Crippen LogP contribution in [0.4, 0.5) is 0 Å². The predicted octanol–water partition coefficient (Wildman–Crippen LogP) is -0.123. The second kappa shape index (κ2) is 3.79. The first-order valence-corrected chi connectivity index (χ1v) is 6.91. The Balaban J connectivity index is 2.09. The van der Waals surface area contributed by atoms with E-state index in [0.29, 0.717) is 11.8 Å². The molecule has 82 valence electrons. The van der Waals surface area contributed by atoms with Crippen LogP contribution in [0.15, 0.2) is 0 Å². The monoisotopic (exact) mass is 218 g/mol. The summed E-state index contributed by atoms with van der Waals surface area (Å²) in [5.41, 5.74) is 0. The summed E-state index contributed by atoms with van der Waals surface area (Å²) in [7, 11) is -2.96. The molecule has 0 aromatic heterocycles. The van der Waals surface area contributed by atoms with Gasteiger partial charge in [0.25, 0.3) is 0 Å². The van der Waals surface area contributed by atoms with Crippen LogP contribution in [0.2, 0.25) is 0 Å². The molecule has 1 unspecified atom stereocenters. The zero-order chi connectivity index (χ0) is 10.2. The van der Waals surface area contributed by atoms with Gasteiger partial charge in [-0.2, -0.15) is 0 Å². The van der Waals surface area contributed by atoms with Crippen LogP contribution in [0.3, 0.4) is 0 Å². The Kier molecular flexibility index (Phi) is 2.81. The summed E-state index contributed by atoms with van der Waals surface area (Å²) in [5, 5.41) is 3.36. The molecular formula is C9H18N2O2S. The lowest BCUT2D eigenvalue weighted by atomic mass is 9.87. The molecule has 2 aliphatic heterocycles. The molecule has 2 rings (SSSR count). The second-order valence-electron chi connectivity index (χ2n) is 4.34. The lowest BCUT2D eigenvalue weighted by Gasteiger charge is -2.40. The van der Waals surface area contributed by atoms with E-state index in [-0.39, 0.29) is 5.75 Å². The Morgan fingerprint density at radius 2 is 1.86 bits per heavy atom. The summed E-state index contributed by atoms with van der Waals surface area (Å²) in [6.45, 7) is 5.12. The molecule has 2 atom stereocenters. The van der Waals surface area contributed by atoms with Crippen molar-refractivity contribution in [3.63, 3.8) is 0 Å². The first-order chi connectivity index (χ1) is 6.62. The molecular weight excluding hydrogens is 200 g/mol. The number of fused-ring (bicyclic) bond motifs is 2. The Bertz CT molecular complexity index is 290. The highest BCUT2D eigenvalue weighted by molar-refractivity contribution is 7.89. The van der Waals surface area contributed by atoms with Gasteiger partial charge in [-0.3, -0.25) is 0 Å². The van der Waals surface area contributed by atoms with E-state index < -0.39 is 10.0 Å². The third-order valence-electron chi connectivity index (χ3n) is 3.21. The third kappa shape index (κ3) is 1.94. The van der Waals surface area contributed by atoms with Crippen LogP contribution in [0, 0.1) is 11.8 Å². The minimum atomic E-state index is -2.96. The van der Waals surface area contributed by atoms with E-state index in [0.717, 1.165) is 26.2 Å². The van der Waals surface area contributed by atoms with Crippen LogP contribution in [0.5, 0.6) is 0 Å². The van der Waals surface area contributed by atoms with Gasteiger partial charge in [-0.25, -0.2) is 12.7 Å². The minimum Gasteiger partial charge on any atom is -0.316 e. The average molecular weight is 218 g/mol. The van der Waals surface area contributed by atoms with Crippen LogP contribution >= 0.6 is 0 Å². The molecule has 2 bridgehead atoms. The molecule has 2 aliphatic rings. The molecule has 2 saturated heterocycles. The molecule has 5 heteroatoms. The highest BCUT2D eigenvalue weighted by Crippen LogP contribution is 2.26. The van der Waals surface area contributed by atoms with Crippen molar-refractivity contribution < 1.29 is 8.42 Å². The van der Waals surface area contributed by atoms with Crippen molar-refractivity contribution in [2.45, 2.75) is 13.3 Å². The highest BCUT2D eigenvalue weighted by atomic mass is 32.2. The van der Waals surface area contributed by atoms with Gasteiger partial charge in [0.2, 0.25) is 10.0 Å². The first kappa shape index (κ1) is 10.4. The van der Waals surface area contributed by atoms with Crippen LogP contribution in [-0.4, -0.2) is 44.7 Å². The van der Waals surface area contributed by atoms with Gasteiger partial charge in [0.15, 0.2) is 0 Å². The van der Waals surface area contributed by atoms with Crippen molar-refractivity contribution in [2.24, 2.45) is 11.8 Å². The fourth-order valence-electron chi connectivity index (χ4n) is 2.47. The Morgan fingerprint density at radius 1 is 1.29 bits per heavy atom. The van der Waals surface area contributed by atoms with E-state index in [1.54, 1.807) is 11.2 Å². The zero-order valence-corrected chi connectivity index (χ0v) is 9.39. The van der Waals surface area contributed by atoms with Gasteiger partial charge in [-0.05, 0) is 38.3 Å². The quantitative estimate of drug-likeness (QED) is 0.703. The molecule has 14 heavy (non-hydrogen) atoms. The topological polar surface area (TPSA) is 49.4 Å². The van der Waals surface area contributed by atoms with E-state index in [1.807, 2.05) is 0 Å². The summed E-state index contributed by atoms with van der Waals surface area (Å²) >= 11 is 0. The average Bonchev–Trinajstić information content (AvgIpc) is 2.17. The standard InChI is InChI=1S/C9H18N2O2S/c1-2-14(12,13)11-6-8-3-9(7-11)5-10-4-8/h8-10H,2-7H2,1H3/t8-,9?/m0/s1.